The second-order valence-corrected chi connectivity index (χ2v) is 5.45. The van der Waals surface area contributed by atoms with E-state index in [2.05, 4.69) is 0 Å². The quantitative estimate of drug-likeness (QED) is 0.913. The van der Waals surface area contributed by atoms with Gasteiger partial charge < -0.3 is 10.0 Å². The lowest BCUT2D eigenvalue weighted by Crippen LogP contribution is -2.40. The molecule has 1 saturated heterocycles. The summed E-state index contributed by atoms with van der Waals surface area (Å²) in [7, 11) is 0. The Labute approximate surface area is 110 Å². The number of carboxylic acid groups (broad SMARTS) is 1. The van der Waals surface area contributed by atoms with E-state index in [1.165, 1.54) is 11.3 Å². The van der Waals surface area contributed by atoms with Crippen molar-refractivity contribution < 1.29 is 14.7 Å². The maximum atomic E-state index is 12.3. The van der Waals surface area contributed by atoms with Crippen molar-refractivity contribution in [1.29, 1.82) is 0 Å². The number of carbonyl (C=O) groups is 2. The molecule has 4 nitrogen and oxygen atoms in total. The number of hydrogen-bond donors (Lipinski definition) is 1. The highest BCUT2D eigenvalue weighted by Gasteiger charge is 2.28. The predicted molar refractivity (Wildman–Crippen MR) is 70.0 cm³/mol. The Hall–Kier alpha value is -1.36. The van der Waals surface area contributed by atoms with Crippen LogP contribution in [0.5, 0.6) is 0 Å². The lowest BCUT2D eigenvalue weighted by Gasteiger charge is -2.30. The van der Waals surface area contributed by atoms with Crippen molar-refractivity contribution >= 4 is 23.2 Å². The standard InChI is InChI=1S/C13H17NO3S/c1-2-9-5-8-18-11(9)12(15)14-6-3-10(4-7-14)13(16)17/h5,8,10H,2-4,6-7H2,1H3,(H,16,17). The molecule has 1 aliphatic heterocycles. The van der Waals surface area contributed by atoms with Gasteiger partial charge in [0.2, 0.25) is 0 Å². The highest BCUT2D eigenvalue weighted by molar-refractivity contribution is 7.12. The largest absolute Gasteiger partial charge is 0.481 e. The summed E-state index contributed by atoms with van der Waals surface area (Å²) >= 11 is 1.48. The summed E-state index contributed by atoms with van der Waals surface area (Å²) < 4.78 is 0. The van der Waals surface area contributed by atoms with E-state index in [1.54, 1.807) is 4.90 Å². The first-order chi connectivity index (χ1) is 8.63. The lowest BCUT2D eigenvalue weighted by atomic mass is 9.97. The molecule has 0 aromatic carbocycles. The molecule has 1 aromatic rings. The lowest BCUT2D eigenvalue weighted by molar-refractivity contribution is -0.143. The molecule has 1 aliphatic rings. The number of aryl methyl sites for hydroxylation is 1. The minimum atomic E-state index is -0.743. The molecule has 98 valence electrons. The van der Waals surface area contributed by atoms with E-state index >= 15 is 0 Å². The number of rotatable bonds is 3. The van der Waals surface area contributed by atoms with Gasteiger partial charge in [0.1, 0.15) is 0 Å². The predicted octanol–water partition coefficient (Wildman–Crippen LogP) is 2.25. The Morgan fingerprint density at radius 3 is 2.67 bits per heavy atom. The Balaban J connectivity index is 2.02. The Bertz CT molecular complexity index is 447. The smallest absolute Gasteiger partial charge is 0.306 e. The van der Waals surface area contributed by atoms with Gasteiger partial charge in [0.25, 0.3) is 5.91 Å². The third kappa shape index (κ3) is 2.56. The van der Waals surface area contributed by atoms with Crippen LogP contribution in [0.25, 0.3) is 0 Å². The number of thiophene rings is 1. The zero-order chi connectivity index (χ0) is 13.1. The van der Waals surface area contributed by atoms with Gasteiger partial charge in [-0.15, -0.1) is 11.3 Å². The molecule has 2 rings (SSSR count). The van der Waals surface area contributed by atoms with Gasteiger partial charge in [-0.3, -0.25) is 9.59 Å². The van der Waals surface area contributed by atoms with E-state index < -0.39 is 5.97 Å². The van der Waals surface area contributed by atoms with Crippen molar-refractivity contribution in [3.8, 4) is 0 Å². The van der Waals surface area contributed by atoms with Gasteiger partial charge in [-0.2, -0.15) is 0 Å². The maximum Gasteiger partial charge on any atom is 0.306 e. The number of nitrogens with zero attached hydrogens (tertiary/aromatic N) is 1. The number of piperidine rings is 1. The molecule has 0 unspecified atom stereocenters. The Morgan fingerprint density at radius 2 is 2.11 bits per heavy atom. The van der Waals surface area contributed by atoms with Crippen LogP contribution in [-0.4, -0.2) is 35.0 Å². The van der Waals surface area contributed by atoms with Crippen LogP contribution in [0.15, 0.2) is 11.4 Å². The van der Waals surface area contributed by atoms with E-state index in [4.69, 9.17) is 5.11 Å². The van der Waals surface area contributed by atoms with E-state index in [-0.39, 0.29) is 11.8 Å². The third-order valence-electron chi connectivity index (χ3n) is 3.45. The van der Waals surface area contributed by atoms with Crippen LogP contribution in [0.1, 0.15) is 35.0 Å². The number of likely N-dealkylation sites (tertiary alicyclic amines) is 1. The third-order valence-corrected chi connectivity index (χ3v) is 4.40. The molecular formula is C13H17NO3S. The summed E-state index contributed by atoms with van der Waals surface area (Å²) in [6, 6.07) is 1.99. The van der Waals surface area contributed by atoms with Crippen LogP contribution in [0.2, 0.25) is 0 Å². The fourth-order valence-electron chi connectivity index (χ4n) is 2.27. The number of amides is 1. The summed E-state index contributed by atoms with van der Waals surface area (Å²) in [5, 5.41) is 10.9. The zero-order valence-corrected chi connectivity index (χ0v) is 11.2. The minimum absolute atomic E-state index is 0.0608. The normalized spacial score (nSPS) is 16.8. The van der Waals surface area contributed by atoms with Crippen molar-refractivity contribution in [1.82, 2.24) is 4.90 Å². The zero-order valence-electron chi connectivity index (χ0n) is 10.4. The monoisotopic (exact) mass is 267 g/mol. The van der Waals surface area contributed by atoms with E-state index in [0.717, 1.165) is 16.9 Å². The van der Waals surface area contributed by atoms with E-state index in [9.17, 15) is 9.59 Å². The van der Waals surface area contributed by atoms with Gasteiger partial charge in [-0.25, -0.2) is 0 Å². The SMILES string of the molecule is CCc1ccsc1C(=O)N1CCC(C(=O)O)CC1. The van der Waals surface area contributed by atoms with Crippen LogP contribution < -0.4 is 0 Å². The van der Waals surface area contributed by atoms with E-state index in [0.29, 0.717) is 25.9 Å². The van der Waals surface area contributed by atoms with Gasteiger partial charge >= 0.3 is 5.97 Å². The first-order valence-corrected chi connectivity index (χ1v) is 7.10. The van der Waals surface area contributed by atoms with Gasteiger partial charge in [0, 0.05) is 13.1 Å². The van der Waals surface area contributed by atoms with Crippen molar-refractivity contribution in [3.63, 3.8) is 0 Å². The Kier molecular flexibility index (Phi) is 4.01. The minimum Gasteiger partial charge on any atom is -0.481 e. The number of carboxylic acids is 1. The summed E-state index contributed by atoms with van der Waals surface area (Å²) in [6.07, 6.45) is 1.98. The first-order valence-electron chi connectivity index (χ1n) is 6.22. The molecule has 1 aromatic heterocycles. The van der Waals surface area contributed by atoms with Gasteiger partial charge in [-0.1, -0.05) is 6.92 Å². The maximum absolute atomic E-state index is 12.3. The van der Waals surface area contributed by atoms with Crippen LogP contribution >= 0.6 is 11.3 Å². The summed E-state index contributed by atoms with van der Waals surface area (Å²) in [5.74, 6) is -0.971. The summed E-state index contributed by atoms with van der Waals surface area (Å²) in [6.45, 7) is 3.14. The molecule has 2 heterocycles. The molecular weight excluding hydrogens is 250 g/mol. The molecule has 0 spiro atoms. The van der Waals surface area contributed by atoms with Crippen LogP contribution in [0.3, 0.4) is 0 Å². The molecule has 1 amide bonds. The molecule has 1 N–H and O–H groups in total. The molecule has 0 bridgehead atoms. The average Bonchev–Trinajstić information content (AvgIpc) is 2.86. The molecule has 18 heavy (non-hydrogen) atoms. The van der Waals surface area contributed by atoms with Crippen molar-refractivity contribution in [2.24, 2.45) is 5.92 Å². The topological polar surface area (TPSA) is 57.6 Å². The highest BCUT2D eigenvalue weighted by atomic mass is 32.1. The van der Waals surface area contributed by atoms with Crippen molar-refractivity contribution in [2.45, 2.75) is 26.2 Å². The molecule has 1 fully saturated rings. The molecule has 0 aliphatic carbocycles. The number of carbonyl (C=O) groups excluding carboxylic acids is 1. The molecule has 0 atom stereocenters. The van der Waals surface area contributed by atoms with Crippen LogP contribution in [0.4, 0.5) is 0 Å². The fourth-order valence-corrected chi connectivity index (χ4v) is 3.24. The van der Waals surface area contributed by atoms with Crippen molar-refractivity contribution in [3.05, 3.63) is 21.9 Å². The molecule has 0 radical (unpaired) electrons. The summed E-state index contributed by atoms with van der Waals surface area (Å²) in [5.41, 5.74) is 1.09. The highest BCUT2D eigenvalue weighted by Crippen LogP contribution is 2.23. The van der Waals surface area contributed by atoms with Gasteiger partial charge in [0.15, 0.2) is 0 Å². The van der Waals surface area contributed by atoms with E-state index in [1.807, 2.05) is 18.4 Å². The second kappa shape index (κ2) is 5.52. The first kappa shape index (κ1) is 13.1. The number of aliphatic carboxylic acids is 1. The van der Waals surface area contributed by atoms with Gasteiger partial charge in [0.05, 0.1) is 10.8 Å². The van der Waals surface area contributed by atoms with Crippen LogP contribution in [-0.2, 0) is 11.2 Å². The average molecular weight is 267 g/mol. The fraction of sp³-hybridized carbons (Fsp3) is 0.538. The molecule has 0 saturated carbocycles. The number of hydrogen-bond acceptors (Lipinski definition) is 3. The second-order valence-electron chi connectivity index (χ2n) is 4.53. The van der Waals surface area contributed by atoms with Gasteiger partial charge in [-0.05, 0) is 36.3 Å². The van der Waals surface area contributed by atoms with Crippen LogP contribution in [0, 0.1) is 5.92 Å². The van der Waals surface area contributed by atoms with Crippen molar-refractivity contribution in [2.75, 3.05) is 13.1 Å². The Morgan fingerprint density at radius 1 is 1.44 bits per heavy atom. The molecule has 5 heteroatoms. The summed E-state index contributed by atoms with van der Waals surface area (Å²) in [4.78, 5) is 25.8.